The van der Waals surface area contributed by atoms with Gasteiger partial charge in [0.2, 0.25) is 0 Å². The smallest absolute Gasteiger partial charge is 0.252 e. The van der Waals surface area contributed by atoms with Gasteiger partial charge in [-0.05, 0) is 54.3 Å². The summed E-state index contributed by atoms with van der Waals surface area (Å²) in [6, 6.07) is 19.7. The Labute approximate surface area is 164 Å². The Morgan fingerprint density at radius 1 is 1.07 bits per heavy atom. The predicted molar refractivity (Wildman–Crippen MR) is 111 cm³/mol. The summed E-state index contributed by atoms with van der Waals surface area (Å²) in [4.78, 5) is 15.0. The monoisotopic (exact) mass is 376 g/mol. The zero-order valence-electron chi connectivity index (χ0n) is 15.7. The van der Waals surface area contributed by atoms with Crippen LogP contribution in [0.2, 0.25) is 0 Å². The maximum Gasteiger partial charge on any atom is 0.252 e. The van der Waals surface area contributed by atoms with Crippen LogP contribution >= 0.6 is 0 Å². The van der Waals surface area contributed by atoms with Crippen molar-refractivity contribution in [1.29, 1.82) is 0 Å². The minimum Gasteiger partial charge on any atom is -0.491 e. The molecule has 2 N–H and O–H groups in total. The van der Waals surface area contributed by atoms with E-state index in [1.54, 1.807) is 6.20 Å². The lowest BCUT2D eigenvalue weighted by atomic mass is 10.1. The predicted octanol–water partition coefficient (Wildman–Crippen LogP) is 4.21. The molecule has 1 fully saturated rings. The summed E-state index contributed by atoms with van der Waals surface area (Å²) in [6.45, 7) is 1.88. The van der Waals surface area contributed by atoms with Crippen LogP contribution in [0.5, 0.6) is 5.75 Å². The SMILES string of the molecule is O=c1[nH]cc(-c2ccccc2)cc1CNc1ccc(OC[C@H]2CCCO2)cc1. The number of aromatic nitrogens is 1. The van der Waals surface area contributed by atoms with Gasteiger partial charge < -0.3 is 19.8 Å². The second-order valence-corrected chi connectivity index (χ2v) is 6.93. The van der Waals surface area contributed by atoms with Gasteiger partial charge in [-0.15, -0.1) is 0 Å². The molecule has 1 aliphatic heterocycles. The molecule has 0 bridgehead atoms. The molecule has 1 aliphatic rings. The van der Waals surface area contributed by atoms with Crippen LogP contribution in [0.15, 0.2) is 71.7 Å². The van der Waals surface area contributed by atoms with Crippen LogP contribution < -0.4 is 15.6 Å². The summed E-state index contributed by atoms with van der Waals surface area (Å²) in [7, 11) is 0. The first-order chi connectivity index (χ1) is 13.8. The Morgan fingerprint density at radius 3 is 2.64 bits per heavy atom. The number of hydrogen-bond donors (Lipinski definition) is 2. The zero-order valence-corrected chi connectivity index (χ0v) is 15.7. The average Bonchev–Trinajstić information content (AvgIpc) is 3.27. The summed E-state index contributed by atoms with van der Waals surface area (Å²) in [5.41, 5.74) is 3.63. The molecule has 0 radical (unpaired) electrons. The van der Waals surface area contributed by atoms with Gasteiger partial charge in [-0.25, -0.2) is 0 Å². The van der Waals surface area contributed by atoms with E-state index in [9.17, 15) is 4.79 Å². The molecule has 4 rings (SSSR count). The van der Waals surface area contributed by atoms with Gasteiger partial charge in [-0.3, -0.25) is 4.79 Å². The molecular weight excluding hydrogens is 352 g/mol. The Morgan fingerprint density at radius 2 is 1.89 bits per heavy atom. The number of ether oxygens (including phenoxy) is 2. The van der Waals surface area contributed by atoms with Crippen molar-refractivity contribution in [2.45, 2.75) is 25.5 Å². The van der Waals surface area contributed by atoms with Crippen LogP contribution in [-0.4, -0.2) is 24.3 Å². The molecule has 3 aromatic rings. The molecule has 2 aromatic carbocycles. The number of H-pyrrole nitrogens is 1. The molecule has 0 unspecified atom stereocenters. The van der Waals surface area contributed by atoms with E-state index in [4.69, 9.17) is 9.47 Å². The van der Waals surface area contributed by atoms with Gasteiger partial charge in [0.25, 0.3) is 5.56 Å². The number of aromatic amines is 1. The normalized spacial score (nSPS) is 16.1. The van der Waals surface area contributed by atoms with E-state index < -0.39 is 0 Å². The van der Waals surface area contributed by atoms with Crippen LogP contribution in [0.1, 0.15) is 18.4 Å². The fourth-order valence-corrected chi connectivity index (χ4v) is 3.29. The van der Waals surface area contributed by atoms with E-state index in [1.165, 1.54) is 0 Å². The lowest BCUT2D eigenvalue weighted by Crippen LogP contribution is -2.16. The minimum absolute atomic E-state index is 0.0799. The zero-order chi connectivity index (χ0) is 19.2. The van der Waals surface area contributed by atoms with Crippen molar-refractivity contribution >= 4 is 5.69 Å². The summed E-state index contributed by atoms with van der Waals surface area (Å²) in [5.74, 6) is 0.824. The molecule has 5 heteroatoms. The Balaban J connectivity index is 1.37. The molecule has 1 aromatic heterocycles. The molecule has 28 heavy (non-hydrogen) atoms. The van der Waals surface area contributed by atoms with Gasteiger partial charge in [0.05, 0.1) is 6.10 Å². The summed E-state index contributed by atoms with van der Waals surface area (Å²) in [6.07, 6.45) is 4.14. The van der Waals surface area contributed by atoms with E-state index in [0.717, 1.165) is 42.0 Å². The minimum atomic E-state index is -0.0799. The first-order valence-electron chi connectivity index (χ1n) is 9.63. The van der Waals surface area contributed by atoms with Crippen molar-refractivity contribution in [3.05, 3.63) is 82.8 Å². The van der Waals surface area contributed by atoms with Gasteiger partial charge in [-0.1, -0.05) is 30.3 Å². The fourth-order valence-electron chi connectivity index (χ4n) is 3.29. The lowest BCUT2D eigenvalue weighted by Gasteiger charge is -2.12. The molecule has 5 nitrogen and oxygen atoms in total. The van der Waals surface area contributed by atoms with E-state index >= 15 is 0 Å². The number of anilines is 1. The highest BCUT2D eigenvalue weighted by atomic mass is 16.5. The third kappa shape index (κ3) is 4.61. The summed E-state index contributed by atoms with van der Waals surface area (Å²) < 4.78 is 11.4. The van der Waals surface area contributed by atoms with E-state index in [1.807, 2.05) is 60.7 Å². The number of rotatable bonds is 7. The van der Waals surface area contributed by atoms with Crippen molar-refractivity contribution in [1.82, 2.24) is 4.98 Å². The van der Waals surface area contributed by atoms with E-state index in [2.05, 4.69) is 10.3 Å². The Hall–Kier alpha value is -3.05. The van der Waals surface area contributed by atoms with Crippen molar-refractivity contribution in [2.24, 2.45) is 0 Å². The first kappa shape index (κ1) is 18.3. The lowest BCUT2D eigenvalue weighted by molar-refractivity contribution is 0.0679. The van der Waals surface area contributed by atoms with Crippen molar-refractivity contribution in [3.63, 3.8) is 0 Å². The van der Waals surface area contributed by atoms with Crippen molar-refractivity contribution in [2.75, 3.05) is 18.5 Å². The molecule has 0 aliphatic carbocycles. The highest BCUT2D eigenvalue weighted by Crippen LogP contribution is 2.20. The Bertz CT molecular complexity index is 946. The standard InChI is InChI=1S/C23H24N2O3/c26-23-19(13-18(14-25-23)17-5-2-1-3-6-17)15-24-20-8-10-21(11-9-20)28-16-22-7-4-12-27-22/h1-3,5-6,8-11,13-14,22,24H,4,7,12,15-16H2,(H,25,26)/t22-/m1/s1. The van der Waals surface area contributed by atoms with Gasteiger partial charge in [0.15, 0.2) is 0 Å². The third-order valence-corrected chi connectivity index (χ3v) is 4.88. The summed E-state index contributed by atoms with van der Waals surface area (Å²) in [5, 5.41) is 3.30. The topological polar surface area (TPSA) is 63.4 Å². The second-order valence-electron chi connectivity index (χ2n) is 6.93. The maximum absolute atomic E-state index is 12.2. The highest BCUT2D eigenvalue weighted by Gasteiger charge is 2.15. The van der Waals surface area contributed by atoms with Crippen LogP contribution in [0.25, 0.3) is 11.1 Å². The molecule has 0 saturated carbocycles. The van der Waals surface area contributed by atoms with Gasteiger partial charge >= 0.3 is 0 Å². The van der Waals surface area contributed by atoms with Gasteiger partial charge in [-0.2, -0.15) is 0 Å². The number of pyridine rings is 1. The number of nitrogens with one attached hydrogen (secondary N) is 2. The first-order valence-corrected chi connectivity index (χ1v) is 9.63. The van der Waals surface area contributed by atoms with Crippen molar-refractivity contribution < 1.29 is 9.47 Å². The molecule has 1 saturated heterocycles. The largest absolute Gasteiger partial charge is 0.491 e. The quantitative estimate of drug-likeness (QED) is 0.648. The van der Waals surface area contributed by atoms with Crippen LogP contribution in [-0.2, 0) is 11.3 Å². The third-order valence-electron chi connectivity index (χ3n) is 4.88. The highest BCUT2D eigenvalue weighted by molar-refractivity contribution is 5.63. The maximum atomic E-state index is 12.2. The van der Waals surface area contributed by atoms with Gasteiger partial charge in [0.1, 0.15) is 12.4 Å². The Kier molecular flexibility index (Phi) is 5.73. The number of benzene rings is 2. The molecule has 2 heterocycles. The summed E-state index contributed by atoms with van der Waals surface area (Å²) >= 11 is 0. The van der Waals surface area contributed by atoms with E-state index in [-0.39, 0.29) is 11.7 Å². The molecule has 144 valence electrons. The molecule has 0 spiro atoms. The van der Waals surface area contributed by atoms with Crippen molar-refractivity contribution in [3.8, 4) is 16.9 Å². The average molecular weight is 376 g/mol. The number of hydrogen-bond acceptors (Lipinski definition) is 4. The van der Waals surface area contributed by atoms with Crippen LogP contribution in [0.3, 0.4) is 0 Å². The molecule has 1 atom stereocenters. The van der Waals surface area contributed by atoms with Crippen LogP contribution in [0, 0.1) is 0 Å². The van der Waals surface area contributed by atoms with Gasteiger partial charge in [0, 0.05) is 30.6 Å². The molecule has 0 amide bonds. The van der Waals surface area contributed by atoms with E-state index in [0.29, 0.717) is 18.7 Å². The second kappa shape index (κ2) is 8.76. The van der Waals surface area contributed by atoms with Crippen LogP contribution in [0.4, 0.5) is 5.69 Å². The molecular formula is C23H24N2O3. The fraction of sp³-hybridized carbons (Fsp3) is 0.261.